The Morgan fingerprint density at radius 2 is 1.90 bits per heavy atom. The van der Waals surface area contributed by atoms with Crippen LogP contribution in [0.1, 0.15) is 6.42 Å². The molecule has 1 N–H and O–H groups in total. The topological polar surface area (TPSA) is 56.8 Å². The number of nitrogens with one attached hydrogen (secondary N) is 1. The second-order valence-corrected chi connectivity index (χ2v) is 4.65. The summed E-state index contributed by atoms with van der Waals surface area (Å²) >= 11 is 0. The van der Waals surface area contributed by atoms with Crippen molar-refractivity contribution in [1.29, 1.82) is 0 Å². The zero-order valence-electron chi connectivity index (χ0n) is 10.4. The summed E-state index contributed by atoms with van der Waals surface area (Å²) in [5.74, 6) is -5.33. The first-order valence-corrected chi connectivity index (χ1v) is 5.98. The second-order valence-electron chi connectivity index (χ2n) is 4.65. The lowest BCUT2D eigenvalue weighted by atomic mass is 10.2. The molecule has 1 unspecified atom stereocenters. The van der Waals surface area contributed by atoms with Crippen LogP contribution in [0.15, 0.2) is 18.2 Å². The molecule has 1 aromatic rings. The predicted octanol–water partition coefficient (Wildman–Crippen LogP) is 2.37. The molecule has 9 heteroatoms. The van der Waals surface area contributed by atoms with Gasteiger partial charge in [0.1, 0.15) is 6.10 Å². The highest BCUT2D eigenvalue weighted by atomic mass is 19.3. The first-order valence-electron chi connectivity index (χ1n) is 5.98. The van der Waals surface area contributed by atoms with Gasteiger partial charge < -0.3 is 19.5 Å². The summed E-state index contributed by atoms with van der Waals surface area (Å²) < 4.78 is 64.5. The normalized spacial score (nSPS) is 24.8. The molecule has 0 aromatic heterocycles. The Morgan fingerprint density at radius 3 is 2.57 bits per heavy atom. The van der Waals surface area contributed by atoms with Crippen LogP contribution in [0, 0.1) is 0 Å². The van der Waals surface area contributed by atoms with Crippen molar-refractivity contribution in [3.63, 3.8) is 0 Å². The van der Waals surface area contributed by atoms with E-state index in [9.17, 15) is 22.4 Å². The van der Waals surface area contributed by atoms with E-state index in [0.717, 1.165) is 0 Å². The van der Waals surface area contributed by atoms with E-state index in [1.807, 2.05) is 0 Å². The largest absolute Gasteiger partial charge is 0.586 e. The number of halogens is 4. The highest BCUT2D eigenvalue weighted by Gasteiger charge is 2.50. The first kappa shape index (κ1) is 13.8. The minimum atomic E-state index is -3.72. The number of carbonyl (C=O) groups is 1. The molecule has 21 heavy (non-hydrogen) atoms. The minimum Gasteiger partial charge on any atom is -0.456 e. The zero-order chi connectivity index (χ0) is 15.3. The lowest BCUT2D eigenvalue weighted by Gasteiger charge is -2.11. The average Bonchev–Trinajstić information content (AvgIpc) is 2.81. The van der Waals surface area contributed by atoms with E-state index >= 15 is 0 Å². The third-order valence-corrected chi connectivity index (χ3v) is 2.99. The van der Waals surface area contributed by atoms with E-state index < -0.39 is 30.7 Å². The number of hydrogen-bond donors (Lipinski definition) is 1. The van der Waals surface area contributed by atoms with Gasteiger partial charge in [0.15, 0.2) is 11.5 Å². The fourth-order valence-electron chi connectivity index (χ4n) is 2.05. The van der Waals surface area contributed by atoms with Crippen molar-refractivity contribution >= 4 is 11.7 Å². The fourth-order valence-corrected chi connectivity index (χ4v) is 2.05. The second kappa shape index (κ2) is 4.40. The molecule has 1 saturated heterocycles. The van der Waals surface area contributed by atoms with E-state index in [0.29, 0.717) is 5.69 Å². The lowest BCUT2D eigenvalue weighted by Crippen LogP contribution is -2.25. The van der Waals surface area contributed by atoms with Crippen LogP contribution in [0.25, 0.3) is 0 Å². The number of cyclic esters (lactones) is 1. The number of ether oxygens (including phenoxy) is 3. The van der Waals surface area contributed by atoms with Crippen molar-refractivity contribution < 1.29 is 36.6 Å². The van der Waals surface area contributed by atoms with Gasteiger partial charge in [0.05, 0.1) is 13.0 Å². The maximum atomic E-state index is 13.0. The van der Waals surface area contributed by atoms with E-state index in [-0.39, 0.29) is 18.0 Å². The standard InChI is InChI=1S/C12H9F4NO4/c13-11(14)4-7(19-10(11)18)5-17-6-1-2-8-9(3-6)21-12(15,16)20-8/h1-3,7,17H,4-5H2. The van der Waals surface area contributed by atoms with Gasteiger partial charge in [-0.3, -0.25) is 0 Å². The maximum Gasteiger partial charge on any atom is 0.586 e. The minimum absolute atomic E-state index is 0.0721. The number of hydrogen-bond acceptors (Lipinski definition) is 5. The number of fused-ring (bicyclic) bond motifs is 1. The van der Waals surface area contributed by atoms with Crippen molar-refractivity contribution in [3.05, 3.63) is 18.2 Å². The van der Waals surface area contributed by atoms with E-state index in [1.165, 1.54) is 18.2 Å². The number of alkyl halides is 4. The molecule has 2 heterocycles. The molecule has 0 amide bonds. The first-order chi connectivity index (χ1) is 9.75. The van der Waals surface area contributed by atoms with E-state index in [4.69, 9.17) is 0 Å². The Hall–Kier alpha value is -2.19. The molecular formula is C12H9F4NO4. The third-order valence-electron chi connectivity index (χ3n) is 2.99. The van der Waals surface area contributed by atoms with Crippen LogP contribution in [0.2, 0.25) is 0 Å². The van der Waals surface area contributed by atoms with Crippen LogP contribution in [-0.4, -0.2) is 30.8 Å². The molecule has 0 bridgehead atoms. The Morgan fingerprint density at radius 1 is 1.19 bits per heavy atom. The van der Waals surface area contributed by atoms with Gasteiger partial charge in [0.2, 0.25) is 0 Å². The van der Waals surface area contributed by atoms with Crippen LogP contribution in [0.4, 0.5) is 23.2 Å². The average molecular weight is 307 g/mol. The summed E-state index contributed by atoms with van der Waals surface area (Å²) in [5, 5.41) is 2.71. The van der Waals surface area contributed by atoms with Gasteiger partial charge in [0.25, 0.3) is 0 Å². The summed E-state index contributed by atoms with van der Waals surface area (Å²) in [6.45, 7) is -0.0721. The Kier molecular flexibility index (Phi) is 2.89. The van der Waals surface area contributed by atoms with Gasteiger partial charge >= 0.3 is 18.2 Å². The quantitative estimate of drug-likeness (QED) is 0.686. The number of carbonyl (C=O) groups excluding carboxylic acids is 1. The molecule has 114 valence electrons. The zero-order valence-corrected chi connectivity index (χ0v) is 10.4. The van der Waals surface area contributed by atoms with Crippen LogP contribution >= 0.6 is 0 Å². The van der Waals surface area contributed by atoms with Crippen LogP contribution in [0.3, 0.4) is 0 Å². The summed E-state index contributed by atoms with van der Waals surface area (Å²) in [4.78, 5) is 10.8. The predicted molar refractivity (Wildman–Crippen MR) is 60.6 cm³/mol. The molecule has 0 spiro atoms. The van der Waals surface area contributed by atoms with Crippen LogP contribution < -0.4 is 14.8 Å². The van der Waals surface area contributed by atoms with Gasteiger partial charge in [-0.15, -0.1) is 8.78 Å². The Bertz CT molecular complexity index is 593. The van der Waals surface area contributed by atoms with Crippen LogP contribution in [0.5, 0.6) is 11.5 Å². The molecule has 5 nitrogen and oxygen atoms in total. The molecular weight excluding hydrogens is 298 g/mol. The van der Waals surface area contributed by atoms with Gasteiger partial charge in [0, 0.05) is 11.8 Å². The highest BCUT2D eigenvalue weighted by molar-refractivity contribution is 5.79. The van der Waals surface area contributed by atoms with E-state index in [2.05, 4.69) is 19.5 Å². The summed E-state index contributed by atoms with van der Waals surface area (Å²) in [6, 6.07) is 3.91. The van der Waals surface area contributed by atoms with Crippen molar-refractivity contribution in [1.82, 2.24) is 0 Å². The molecule has 2 aliphatic heterocycles. The number of rotatable bonds is 3. The summed E-state index contributed by atoms with van der Waals surface area (Å²) in [6.07, 6.45) is -5.43. The van der Waals surface area contributed by atoms with Crippen molar-refractivity contribution in [2.75, 3.05) is 11.9 Å². The van der Waals surface area contributed by atoms with Crippen LogP contribution in [-0.2, 0) is 9.53 Å². The Labute approximate surface area is 115 Å². The molecule has 0 radical (unpaired) electrons. The monoisotopic (exact) mass is 307 g/mol. The number of anilines is 1. The fraction of sp³-hybridized carbons (Fsp3) is 0.417. The molecule has 0 saturated carbocycles. The SMILES string of the molecule is O=C1OC(CNc2ccc3c(c2)OC(F)(F)O3)CC1(F)F. The smallest absolute Gasteiger partial charge is 0.456 e. The van der Waals surface area contributed by atoms with Gasteiger partial charge in [-0.05, 0) is 12.1 Å². The maximum absolute atomic E-state index is 13.0. The number of benzene rings is 1. The molecule has 1 aromatic carbocycles. The molecule has 3 rings (SSSR count). The molecule has 2 aliphatic rings. The third kappa shape index (κ3) is 2.67. The van der Waals surface area contributed by atoms with Gasteiger partial charge in [-0.25, -0.2) is 4.79 Å². The lowest BCUT2D eigenvalue weighted by molar-refractivity contribution is -0.286. The Balaban J connectivity index is 1.62. The van der Waals surface area contributed by atoms with Crippen molar-refractivity contribution in [2.45, 2.75) is 24.7 Å². The van der Waals surface area contributed by atoms with Gasteiger partial charge in [-0.1, -0.05) is 0 Å². The molecule has 1 fully saturated rings. The van der Waals surface area contributed by atoms with Gasteiger partial charge in [-0.2, -0.15) is 8.78 Å². The molecule has 1 atom stereocenters. The summed E-state index contributed by atoms with van der Waals surface area (Å²) in [7, 11) is 0. The van der Waals surface area contributed by atoms with Crippen molar-refractivity contribution in [3.8, 4) is 11.5 Å². The summed E-state index contributed by atoms with van der Waals surface area (Å²) in [5.41, 5.74) is 0.348. The highest BCUT2D eigenvalue weighted by Crippen LogP contribution is 2.42. The molecule has 0 aliphatic carbocycles. The van der Waals surface area contributed by atoms with Crippen molar-refractivity contribution in [2.24, 2.45) is 0 Å². The van der Waals surface area contributed by atoms with E-state index in [1.54, 1.807) is 0 Å². The number of esters is 1.